The fourth-order valence-corrected chi connectivity index (χ4v) is 5.35. The van der Waals surface area contributed by atoms with Crippen molar-refractivity contribution in [2.24, 2.45) is 0 Å². The van der Waals surface area contributed by atoms with Gasteiger partial charge in [0, 0.05) is 5.39 Å². The summed E-state index contributed by atoms with van der Waals surface area (Å²) in [5, 5.41) is 12.7. The number of thiophene rings is 2. The maximum atomic E-state index is 12.7. The molecule has 0 aliphatic carbocycles. The Hall–Kier alpha value is -1.82. The molecule has 0 saturated carbocycles. The van der Waals surface area contributed by atoms with E-state index in [-0.39, 0.29) is 18.7 Å². The highest BCUT2D eigenvalue weighted by Gasteiger charge is 2.21. The summed E-state index contributed by atoms with van der Waals surface area (Å²) in [6.45, 7) is 1.85. The Morgan fingerprint density at radius 2 is 2.30 bits per heavy atom. The Balaban J connectivity index is 2.39. The van der Waals surface area contributed by atoms with Gasteiger partial charge in [-0.05, 0) is 24.6 Å². The first-order chi connectivity index (χ1) is 11.1. The van der Waals surface area contributed by atoms with Gasteiger partial charge >= 0.3 is 5.97 Å². The number of nitriles is 1. The fourth-order valence-electron chi connectivity index (χ4n) is 2.43. The Kier molecular flexibility index (Phi) is 4.43. The average molecular weight is 364 g/mol. The SMILES string of the molecule is CCOC(=O)Cn1c(=O)c2ccsc2c2c(C#N)c(SC)sc21. The van der Waals surface area contributed by atoms with Crippen molar-refractivity contribution in [1.29, 1.82) is 5.26 Å². The lowest BCUT2D eigenvalue weighted by molar-refractivity contribution is -0.143. The normalized spacial score (nSPS) is 11.0. The number of hydrogen-bond acceptors (Lipinski definition) is 7. The summed E-state index contributed by atoms with van der Waals surface area (Å²) in [7, 11) is 0. The summed E-state index contributed by atoms with van der Waals surface area (Å²) < 4.78 is 8.05. The van der Waals surface area contributed by atoms with E-state index in [2.05, 4.69) is 6.07 Å². The van der Waals surface area contributed by atoms with E-state index in [0.29, 0.717) is 15.8 Å². The smallest absolute Gasteiger partial charge is 0.326 e. The van der Waals surface area contributed by atoms with Crippen molar-refractivity contribution in [3.63, 3.8) is 0 Å². The van der Waals surface area contributed by atoms with Crippen LogP contribution in [0, 0.1) is 11.3 Å². The number of carbonyl (C=O) groups is 1. The number of aromatic nitrogens is 1. The Labute approximate surface area is 144 Å². The van der Waals surface area contributed by atoms with Gasteiger partial charge in [-0.3, -0.25) is 14.2 Å². The predicted molar refractivity (Wildman–Crippen MR) is 94.6 cm³/mol. The quantitative estimate of drug-likeness (QED) is 0.524. The first kappa shape index (κ1) is 16.1. The first-order valence-electron chi connectivity index (χ1n) is 6.78. The number of nitrogens with zero attached hydrogens (tertiary/aromatic N) is 2. The highest BCUT2D eigenvalue weighted by Crippen LogP contribution is 2.40. The van der Waals surface area contributed by atoms with E-state index in [1.165, 1.54) is 39.0 Å². The van der Waals surface area contributed by atoms with Gasteiger partial charge in [-0.1, -0.05) is 0 Å². The summed E-state index contributed by atoms with van der Waals surface area (Å²) in [6, 6.07) is 3.98. The monoisotopic (exact) mass is 364 g/mol. The highest BCUT2D eigenvalue weighted by atomic mass is 32.2. The number of fused-ring (bicyclic) bond motifs is 3. The predicted octanol–water partition coefficient (Wildman–Crippen LogP) is 3.43. The van der Waals surface area contributed by atoms with Crippen molar-refractivity contribution in [2.75, 3.05) is 12.9 Å². The molecule has 23 heavy (non-hydrogen) atoms. The van der Waals surface area contributed by atoms with Crippen LogP contribution in [-0.4, -0.2) is 23.4 Å². The molecule has 0 aliphatic heterocycles. The highest BCUT2D eigenvalue weighted by molar-refractivity contribution is 8.00. The van der Waals surface area contributed by atoms with Gasteiger partial charge in [-0.2, -0.15) is 5.26 Å². The molecule has 0 saturated heterocycles. The second kappa shape index (κ2) is 6.35. The number of hydrogen-bond donors (Lipinski definition) is 0. The van der Waals surface area contributed by atoms with Crippen LogP contribution in [0.3, 0.4) is 0 Å². The first-order valence-corrected chi connectivity index (χ1v) is 9.70. The van der Waals surface area contributed by atoms with E-state index < -0.39 is 5.97 Å². The molecule has 0 aromatic carbocycles. The molecule has 3 rings (SSSR count). The van der Waals surface area contributed by atoms with E-state index in [1.807, 2.05) is 11.6 Å². The largest absolute Gasteiger partial charge is 0.465 e. The second-order valence-electron chi connectivity index (χ2n) is 4.62. The van der Waals surface area contributed by atoms with Gasteiger partial charge in [0.05, 0.1) is 26.5 Å². The van der Waals surface area contributed by atoms with Gasteiger partial charge in [0.2, 0.25) is 0 Å². The third-order valence-electron chi connectivity index (χ3n) is 3.36. The van der Waals surface area contributed by atoms with Gasteiger partial charge in [0.25, 0.3) is 5.56 Å². The third kappa shape index (κ3) is 2.55. The average Bonchev–Trinajstić information content (AvgIpc) is 3.15. The van der Waals surface area contributed by atoms with Gasteiger partial charge in [-0.15, -0.1) is 34.4 Å². The van der Waals surface area contributed by atoms with Crippen molar-refractivity contribution >= 4 is 60.7 Å². The lowest BCUT2D eigenvalue weighted by Gasteiger charge is -2.08. The van der Waals surface area contributed by atoms with Crippen LogP contribution < -0.4 is 5.56 Å². The van der Waals surface area contributed by atoms with Gasteiger partial charge in [-0.25, -0.2) is 0 Å². The summed E-state index contributed by atoms with van der Waals surface area (Å²) in [5.74, 6) is -0.455. The molecule has 3 aromatic rings. The summed E-state index contributed by atoms with van der Waals surface area (Å²) >= 11 is 4.28. The second-order valence-corrected chi connectivity index (χ2v) is 7.61. The maximum Gasteiger partial charge on any atom is 0.326 e. The molecule has 0 radical (unpaired) electrons. The molecule has 0 spiro atoms. The Morgan fingerprint density at radius 3 is 2.96 bits per heavy atom. The molecule has 5 nitrogen and oxygen atoms in total. The summed E-state index contributed by atoms with van der Waals surface area (Å²) in [4.78, 5) is 25.2. The molecule has 0 N–H and O–H groups in total. The summed E-state index contributed by atoms with van der Waals surface area (Å²) in [6.07, 6.45) is 1.89. The minimum Gasteiger partial charge on any atom is -0.465 e. The van der Waals surface area contributed by atoms with E-state index in [9.17, 15) is 14.9 Å². The van der Waals surface area contributed by atoms with Crippen molar-refractivity contribution in [1.82, 2.24) is 4.57 Å². The van der Waals surface area contributed by atoms with E-state index >= 15 is 0 Å². The molecular weight excluding hydrogens is 352 g/mol. The molecule has 0 bridgehead atoms. The Bertz CT molecular complexity index is 1010. The van der Waals surface area contributed by atoms with Crippen molar-refractivity contribution in [2.45, 2.75) is 17.7 Å². The van der Waals surface area contributed by atoms with Crippen LogP contribution >= 0.6 is 34.4 Å². The van der Waals surface area contributed by atoms with Crippen LogP contribution in [0.1, 0.15) is 12.5 Å². The zero-order valence-electron chi connectivity index (χ0n) is 12.4. The van der Waals surface area contributed by atoms with Crippen molar-refractivity contribution < 1.29 is 9.53 Å². The molecule has 0 amide bonds. The lowest BCUT2D eigenvalue weighted by atomic mass is 10.2. The zero-order chi connectivity index (χ0) is 16.6. The number of ether oxygens (including phenoxy) is 1. The van der Waals surface area contributed by atoms with Crippen molar-refractivity contribution in [3.05, 3.63) is 27.4 Å². The molecule has 3 heterocycles. The van der Waals surface area contributed by atoms with Gasteiger partial charge < -0.3 is 4.74 Å². The van der Waals surface area contributed by atoms with Crippen LogP contribution in [0.2, 0.25) is 0 Å². The zero-order valence-corrected chi connectivity index (χ0v) is 14.9. The minimum atomic E-state index is -0.455. The van der Waals surface area contributed by atoms with Gasteiger partial charge in [0.15, 0.2) is 0 Å². The van der Waals surface area contributed by atoms with Crippen LogP contribution in [0.15, 0.2) is 20.5 Å². The lowest BCUT2D eigenvalue weighted by Crippen LogP contribution is -2.25. The van der Waals surface area contributed by atoms with Gasteiger partial charge in [0.1, 0.15) is 17.4 Å². The number of thioether (sulfide) groups is 1. The molecule has 0 unspecified atom stereocenters. The molecule has 0 atom stereocenters. The van der Waals surface area contributed by atoms with E-state index in [4.69, 9.17) is 4.74 Å². The fraction of sp³-hybridized carbons (Fsp3) is 0.267. The number of pyridine rings is 1. The molecule has 118 valence electrons. The van der Waals surface area contributed by atoms with Crippen molar-refractivity contribution in [3.8, 4) is 6.07 Å². The minimum absolute atomic E-state index is 0.145. The van der Waals surface area contributed by atoms with E-state index in [0.717, 1.165) is 14.3 Å². The van der Waals surface area contributed by atoms with Crippen LogP contribution in [-0.2, 0) is 16.1 Å². The molecule has 0 fully saturated rings. The standard InChI is InChI=1S/C15H12N2O3S3/c1-3-20-10(18)7-17-13(19)8-4-5-22-12(8)11-9(6-16)15(21-2)23-14(11)17/h4-5H,3,7H2,1-2H3. The molecule has 8 heteroatoms. The van der Waals surface area contributed by atoms with Crippen LogP contribution in [0.25, 0.3) is 20.3 Å². The topological polar surface area (TPSA) is 72.1 Å². The third-order valence-corrected chi connectivity index (χ3v) is 6.62. The van der Waals surface area contributed by atoms with Crippen LogP contribution in [0.5, 0.6) is 0 Å². The number of esters is 1. The number of carbonyl (C=O) groups excluding carboxylic acids is 1. The summed E-state index contributed by atoms with van der Waals surface area (Å²) in [5.41, 5.74) is 0.350. The van der Waals surface area contributed by atoms with Crippen LogP contribution in [0.4, 0.5) is 0 Å². The Morgan fingerprint density at radius 1 is 1.52 bits per heavy atom. The van der Waals surface area contributed by atoms with E-state index in [1.54, 1.807) is 13.0 Å². The molecular formula is C15H12N2O3S3. The maximum absolute atomic E-state index is 12.7. The number of rotatable bonds is 4. The molecule has 0 aliphatic rings. The molecule has 3 aromatic heterocycles.